The van der Waals surface area contributed by atoms with Crippen molar-refractivity contribution in [1.29, 1.82) is 0 Å². The van der Waals surface area contributed by atoms with Crippen LogP contribution in [0.4, 0.5) is 5.69 Å². The van der Waals surface area contributed by atoms with Crippen molar-refractivity contribution >= 4 is 5.69 Å². The largest absolute Gasteiger partial charge is 0.398 e. The highest BCUT2D eigenvalue weighted by Gasteiger charge is 2.18. The molecule has 1 atom stereocenters. The Kier molecular flexibility index (Phi) is 2.39. The van der Waals surface area contributed by atoms with Gasteiger partial charge in [-0.25, -0.2) is 4.98 Å². The molecule has 0 saturated heterocycles. The summed E-state index contributed by atoms with van der Waals surface area (Å²) in [5.74, 6) is 1.94. The Morgan fingerprint density at radius 2 is 2.18 bits per heavy atom. The summed E-state index contributed by atoms with van der Waals surface area (Å²) in [7, 11) is 0. The van der Waals surface area contributed by atoms with E-state index in [1.807, 2.05) is 24.3 Å². The van der Waals surface area contributed by atoms with Crippen molar-refractivity contribution < 1.29 is 0 Å². The van der Waals surface area contributed by atoms with Gasteiger partial charge in [-0.2, -0.15) is 0 Å². The smallest absolute Gasteiger partial charge is 0.109 e. The maximum absolute atomic E-state index is 5.99. The van der Waals surface area contributed by atoms with Crippen molar-refractivity contribution in [2.45, 2.75) is 26.3 Å². The molecule has 17 heavy (non-hydrogen) atoms. The van der Waals surface area contributed by atoms with Gasteiger partial charge in [0.1, 0.15) is 5.82 Å². The van der Waals surface area contributed by atoms with Gasteiger partial charge < -0.3 is 10.3 Å². The summed E-state index contributed by atoms with van der Waals surface area (Å²) in [5.41, 5.74) is 8.84. The minimum absolute atomic E-state index is 0.742. The van der Waals surface area contributed by atoms with Crippen LogP contribution >= 0.6 is 0 Å². The highest BCUT2D eigenvalue weighted by molar-refractivity contribution is 5.73. The minimum Gasteiger partial charge on any atom is -0.398 e. The average Bonchev–Trinajstić information content (AvgIpc) is 2.72. The summed E-state index contributed by atoms with van der Waals surface area (Å²) in [6.45, 7) is 3.37. The van der Waals surface area contributed by atoms with E-state index in [0.29, 0.717) is 0 Å². The van der Waals surface area contributed by atoms with Gasteiger partial charge in [-0.15, -0.1) is 0 Å². The summed E-state index contributed by atoms with van der Waals surface area (Å²) < 4.78 is 2.27. The van der Waals surface area contributed by atoms with E-state index < -0.39 is 0 Å². The van der Waals surface area contributed by atoms with E-state index in [1.54, 1.807) is 0 Å². The maximum atomic E-state index is 5.99. The van der Waals surface area contributed by atoms with Crippen LogP contribution in [0.3, 0.4) is 0 Å². The molecule has 1 aliphatic heterocycles. The number of fused-ring (bicyclic) bond motifs is 1. The molecular weight excluding hydrogens is 210 g/mol. The molecule has 1 aromatic heterocycles. The van der Waals surface area contributed by atoms with Gasteiger partial charge in [0.25, 0.3) is 0 Å². The Balaban J connectivity index is 2.03. The molecule has 0 amide bonds. The normalized spacial score (nSPS) is 19.0. The van der Waals surface area contributed by atoms with E-state index in [9.17, 15) is 0 Å². The van der Waals surface area contributed by atoms with Crippen LogP contribution in [-0.2, 0) is 13.0 Å². The highest BCUT2D eigenvalue weighted by atomic mass is 15.1. The van der Waals surface area contributed by atoms with Gasteiger partial charge in [-0.3, -0.25) is 0 Å². The van der Waals surface area contributed by atoms with E-state index in [0.717, 1.165) is 35.8 Å². The molecule has 1 aliphatic rings. The third-order valence-corrected chi connectivity index (χ3v) is 3.49. The zero-order valence-electron chi connectivity index (χ0n) is 10.1. The van der Waals surface area contributed by atoms with E-state index in [2.05, 4.69) is 17.7 Å². The molecule has 0 saturated carbocycles. The Bertz CT molecular complexity index is 542. The lowest BCUT2D eigenvalue weighted by molar-refractivity contribution is 0.409. The van der Waals surface area contributed by atoms with Crippen LogP contribution in [0, 0.1) is 5.92 Å². The minimum atomic E-state index is 0.742. The first-order valence-corrected chi connectivity index (χ1v) is 6.15. The number of nitrogens with two attached hydrogens (primary N) is 1. The summed E-state index contributed by atoms with van der Waals surface area (Å²) in [6.07, 6.45) is 4.45. The van der Waals surface area contributed by atoms with Gasteiger partial charge in [0.15, 0.2) is 0 Å². The Morgan fingerprint density at radius 3 is 3.00 bits per heavy atom. The molecule has 0 aliphatic carbocycles. The van der Waals surface area contributed by atoms with Crippen molar-refractivity contribution in [2.75, 3.05) is 5.73 Å². The molecular formula is C14H17N3. The molecule has 2 heterocycles. The van der Waals surface area contributed by atoms with Gasteiger partial charge in [-0.1, -0.05) is 25.1 Å². The quantitative estimate of drug-likeness (QED) is 0.761. The lowest BCUT2D eigenvalue weighted by atomic mass is 10.0. The molecule has 0 unspecified atom stereocenters. The molecule has 0 fully saturated rings. The number of aromatic nitrogens is 2. The Labute approximate surface area is 101 Å². The van der Waals surface area contributed by atoms with Gasteiger partial charge >= 0.3 is 0 Å². The Hall–Kier alpha value is -1.77. The topological polar surface area (TPSA) is 43.8 Å². The number of benzene rings is 1. The van der Waals surface area contributed by atoms with Crippen molar-refractivity contribution in [3.05, 3.63) is 36.3 Å². The van der Waals surface area contributed by atoms with Gasteiger partial charge in [0.2, 0.25) is 0 Å². The van der Waals surface area contributed by atoms with Gasteiger partial charge in [-0.05, 0) is 18.4 Å². The second-order valence-corrected chi connectivity index (χ2v) is 4.92. The fourth-order valence-electron chi connectivity index (χ4n) is 2.44. The number of aryl methyl sites for hydroxylation is 1. The fourth-order valence-corrected chi connectivity index (χ4v) is 2.44. The Morgan fingerprint density at radius 1 is 1.35 bits per heavy atom. The van der Waals surface area contributed by atoms with Crippen molar-refractivity contribution in [2.24, 2.45) is 5.92 Å². The molecule has 3 nitrogen and oxygen atoms in total. The zero-order valence-corrected chi connectivity index (χ0v) is 10.1. The number of para-hydroxylation sites is 1. The van der Waals surface area contributed by atoms with Crippen LogP contribution in [0.5, 0.6) is 0 Å². The van der Waals surface area contributed by atoms with Crippen LogP contribution in [0.2, 0.25) is 0 Å². The third-order valence-electron chi connectivity index (χ3n) is 3.49. The molecule has 0 spiro atoms. The lowest BCUT2D eigenvalue weighted by Gasteiger charge is -2.18. The van der Waals surface area contributed by atoms with E-state index in [-0.39, 0.29) is 0 Å². The molecule has 1 aromatic carbocycles. The van der Waals surface area contributed by atoms with E-state index in [4.69, 9.17) is 10.7 Å². The standard InChI is InChI=1S/C14H17N3/c1-10-6-7-17-9-13(16-14(17)8-10)11-4-2-3-5-12(11)15/h2-5,9-10H,6-8,15H2,1H3/t10-/m0/s1. The number of hydrogen-bond acceptors (Lipinski definition) is 2. The van der Waals surface area contributed by atoms with Crippen molar-refractivity contribution in [1.82, 2.24) is 9.55 Å². The molecule has 88 valence electrons. The van der Waals surface area contributed by atoms with Crippen LogP contribution in [0.1, 0.15) is 19.2 Å². The predicted octanol–water partition coefficient (Wildman–Crippen LogP) is 2.71. The maximum Gasteiger partial charge on any atom is 0.109 e. The van der Waals surface area contributed by atoms with Gasteiger partial charge in [0.05, 0.1) is 5.69 Å². The number of nitrogens with zero attached hydrogens (tertiary/aromatic N) is 2. The number of rotatable bonds is 1. The third kappa shape index (κ3) is 1.82. The molecule has 0 bridgehead atoms. The summed E-state index contributed by atoms with van der Waals surface area (Å²) in [4.78, 5) is 4.72. The first kappa shape index (κ1) is 10.4. The fraction of sp³-hybridized carbons (Fsp3) is 0.357. The second-order valence-electron chi connectivity index (χ2n) is 4.92. The van der Waals surface area contributed by atoms with Gasteiger partial charge in [0, 0.05) is 30.4 Å². The van der Waals surface area contributed by atoms with E-state index in [1.165, 1.54) is 12.2 Å². The summed E-state index contributed by atoms with van der Waals surface area (Å²) >= 11 is 0. The monoisotopic (exact) mass is 227 g/mol. The first-order chi connectivity index (χ1) is 8.24. The predicted molar refractivity (Wildman–Crippen MR) is 69.6 cm³/mol. The lowest BCUT2D eigenvalue weighted by Crippen LogP contribution is -2.16. The summed E-state index contributed by atoms with van der Waals surface area (Å²) in [6, 6.07) is 7.92. The molecule has 0 radical (unpaired) electrons. The number of imidazole rings is 1. The number of nitrogen functional groups attached to an aromatic ring is 1. The zero-order chi connectivity index (χ0) is 11.8. The highest BCUT2D eigenvalue weighted by Crippen LogP contribution is 2.27. The summed E-state index contributed by atoms with van der Waals surface area (Å²) in [5, 5.41) is 0. The average molecular weight is 227 g/mol. The number of hydrogen-bond donors (Lipinski definition) is 1. The van der Waals surface area contributed by atoms with Crippen LogP contribution in [-0.4, -0.2) is 9.55 Å². The molecule has 2 aromatic rings. The number of anilines is 1. The second kappa shape index (κ2) is 3.91. The molecule has 3 heteroatoms. The van der Waals surface area contributed by atoms with Crippen LogP contribution in [0.15, 0.2) is 30.5 Å². The SMILES string of the molecule is C[C@H]1CCn2cc(-c3ccccc3N)nc2C1. The van der Waals surface area contributed by atoms with Crippen molar-refractivity contribution in [3.8, 4) is 11.3 Å². The van der Waals surface area contributed by atoms with Crippen LogP contribution < -0.4 is 5.73 Å². The molecule has 3 rings (SSSR count). The van der Waals surface area contributed by atoms with Crippen LogP contribution in [0.25, 0.3) is 11.3 Å². The molecule has 2 N–H and O–H groups in total. The first-order valence-electron chi connectivity index (χ1n) is 6.15. The van der Waals surface area contributed by atoms with Crippen molar-refractivity contribution in [3.63, 3.8) is 0 Å². The van der Waals surface area contributed by atoms with E-state index >= 15 is 0 Å².